The van der Waals surface area contributed by atoms with E-state index in [-0.39, 0.29) is 24.4 Å². The lowest BCUT2D eigenvalue weighted by molar-refractivity contribution is -0.142. The van der Waals surface area contributed by atoms with Crippen LogP contribution >= 0.6 is 11.6 Å². The van der Waals surface area contributed by atoms with E-state index in [0.29, 0.717) is 17.3 Å². The van der Waals surface area contributed by atoms with E-state index in [0.717, 1.165) is 5.56 Å². The maximum absolute atomic E-state index is 13.1. The molecule has 0 bridgehead atoms. The van der Waals surface area contributed by atoms with Crippen LogP contribution in [0.25, 0.3) is 0 Å². The average molecular weight is 314 g/mol. The maximum Gasteiger partial charge on any atom is 0.433 e. The van der Waals surface area contributed by atoms with Crippen molar-refractivity contribution in [2.75, 3.05) is 0 Å². The van der Waals surface area contributed by atoms with Crippen molar-refractivity contribution in [1.82, 2.24) is 15.3 Å². The highest BCUT2D eigenvalue weighted by Crippen LogP contribution is 2.33. The smallest absolute Gasteiger partial charge is 0.307 e. The molecule has 2 aromatic rings. The molecule has 0 unspecified atom stereocenters. The average Bonchev–Trinajstić information content (AvgIpc) is 2.84. The molecule has 21 heavy (non-hydrogen) atoms. The molecule has 0 saturated carbocycles. The van der Waals surface area contributed by atoms with Gasteiger partial charge in [-0.15, -0.1) is 0 Å². The second-order valence-electron chi connectivity index (χ2n) is 4.82. The first-order valence-corrected chi connectivity index (χ1v) is 6.72. The third-order valence-electron chi connectivity index (χ3n) is 3.25. The molecule has 0 aliphatic carbocycles. The number of hydrogen-bond acceptors (Lipinski definition) is 3. The van der Waals surface area contributed by atoms with Gasteiger partial charge in [0.15, 0.2) is 5.69 Å². The van der Waals surface area contributed by atoms with Gasteiger partial charge in [0.2, 0.25) is 0 Å². The summed E-state index contributed by atoms with van der Waals surface area (Å²) in [5.41, 5.74) is 0.516. The van der Waals surface area contributed by atoms with Gasteiger partial charge in [-0.25, -0.2) is 9.97 Å². The first-order valence-electron chi connectivity index (χ1n) is 6.34. The fourth-order valence-electron chi connectivity index (χ4n) is 2.36. The van der Waals surface area contributed by atoms with Crippen LogP contribution in [0.15, 0.2) is 24.3 Å². The first kappa shape index (κ1) is 14.3. The normalized spacial score (nSPS) is 14.3. The standard InChI is InChI=1S/C14H11ClF3N3/c15-9-3-1-2-8(4-9)5-12-20-11-7-19-6-10(11)13(21-12)14(16,17)18/h1-4,19H,5-7H2. The van der Waals surface area contributed by atoms with Crippen molar-refractivity contribution in [3.05, 3.63) is 57.6 Å². The van der Waals surface area contributed by atoms with Crippen LogP contribution < -0.4 is 5.32 Å². The van der Waals surface area contributed by atoms with Crippen LogP contribution in [0.2, 0.25) is 5.02 Å². The van der Waals surface area contributed by atoms with E-state index < -0.39 is 11.9 Å². The molecular formula is C14H11ClF3N3. The second kappa shape index (κ2) is 5.27. The van der Waals surface area contributed by atoms with E-state index in [1.807, 2.05) is 0 Å². The molecule has 0 amide bonds. The van der Waals surface area contributed by atoms with Crippen LogP contribution in [-0.2, 0) is 25.7 Å². The minimum atomic E-state index is -4.47. The Kier molecular flexibility index (Phi) is 3.59. The highest BCUT2D eigenvalue weighted by Gasteiger charge is 2.38. The van der Waals surface area contributed by atoms with Crippen LogP contribution in [0, 0.1) is 0 Å². The Morgan fingerprint density at radius 1 is 1.19 bits per heavy atom. The number of halogens is 4. The van der Waals surface area contributed by atoms with Crippen molar-refractivity contribution in [3.8, 4) is 0 Å². The summed E-state index contributed by atoms with van der Waals surface area (Å²) >= 11 is 5.88. The molecule has 3 rings (SSSR count). The van der Waals surface area contributed by atoms with Crippen LogP contribution in [0.3, 0.4) is 0 Å². The molecule has 0 saturated heterocycles. The zero-order chi connectivity index (χ0) is 15.0. The molecule has 1 aromatic carbocycles. The first-order chi connectivity index (χ1) is 9.93. The maximum atomic E-state index is 13.1. The minimum Gasteiger partial charge on any atom is -0.307 e. The molecule has 1 aliphatic heterocycles. The summed E-state index contributed by atoms with van der Waals surface area (Å²) in [5.74, 6) is 0.159. The van der Waals surface area contributed by atoms with Crippen molar-refractivity contribution >= 4 is 11.6 Å². The van der Waals surface area contributed by atoms with Gasteiger partial charge in [-0.1, -0.05) is 23.7 Å². The van der Waals surface area contributed by atoms with Gasteiger partial charge in [-0.3, -0.25) is 0 Å². The highest BCUT2D eigenvalue weighted by molar-refractivity contribution is 6.30. The largest absolute Gasteiger partial charge is 0.433 e. The molecule has 110 valence electrons. The van der Waals surface area contributed by atoms with Gasteiger partial charge in [0.1, 0.15) is 5.82 Å². The number of aromatic nitrogens is 2. The molecular weight excluding hydrogens is 303 g/mol. The zero-order valence-corrected chi connectivity index (χ0v) is 11.6. The highest BCUT2D eigenvalue weighted by atomic mass is 35.5. The van der Waals surface area contributed by atoms with Gasteiger partial charge >= 0.3 is 6.18 Å². The number of fused-ring (bicyclic) bond motifs is 1. The number of benzene rings is 1. The number of alkyl halides is 3. The van der Waals surface area contributed by atoms with Gasteiger partial charge in [0, 0.05) is 30.1 Å². The predicted molar refractivity (Wildman–Crippen MR) is 71.8 cm³/mol. The van der Waals surface area contributed by atoms with Crippen LogP contribution in [0.4, 0.5) is 13.2 Å². The van der Waals surface area contributed by atoms with Gasteiger partial charge in [0.25, 0.3) is 0 Å². The summed E-state index contributed by atoms with van der Waals surface area (Å²) in [7, 11) is 0. The van der Waals surface area contributed by atoms with E-state index in [4.69, 9.17) is 11.6 Å². The topological polar surface area (TPSA) is 37.8 Å². The molecule has 2 heterocycles. The molecule has 3 nitrogen and oxygen atoms in total. The summed E-state index contributed by atoms with van der Waals surface area (Å²) < 4.78 is 39.3. The Balaban J connectivity index is 2.00. The number of rotatable bonds is 2. The van der Waals surface area contributed by atoms with Gasteiger partial charge in [-0.2, -0.15) is 13.2 Å². The van der Waals surface area contributed by atoms with Crippen LogP contribution in [0.5, 0.6) is 0 Å². The lowest BCUT2D eigenvalue weighted by Gasteiger charge is -2.12. The summed E-state index contributed by atoms with van der Waals surface area (Å²) in [6.07, 6.45) is -4.25. The molecule has 7 heteroatoms. The monoisotopic (exact) mass is 313 g/mol. The molecule has 0 fully saturated rings. The predicted octanol–water partition coefficient (Wildman–Crippen LogP) is 3.34. The quantitative estimate of drug-likeness (QED) is 0.924. The molecule has 0 radical (unpaired) electrons. The number of hydrogen-bond donors (Lipinski definition) is 1. The molecule has 1 N–H and O–H groups in total. The molecule has 0 atom stereocenters. The molecule has 0 spiro atoms. The Bertz CT molecular complexity index is 686. The lowest BCUT2D eigenvalue weighted by Crippen LogP contribution is -2.16. The van der Waals surface area contributed by atoms with E-state index in [9.17, 15) is 13.2 Å². The third-order valence-corrected chi connectivity index (χ3v) is 3.49. The van der Waals surface area contributed by atoms with E-state index in [1.54, 1.807) is 24.3 Å². The molecule has 1 aromatic heterocycles. The van der Waals surface area contributed by atoms with Crippen LogP contribution in [-0.4, -0.2) is 9.97 Å². The van der Waals surface area contributed by atoms with Crippen LogP contribution in [0.1, 0.15) is 28.3 Å². The Labute approximate surface area is 124 Å². The van der Waals surface area contributed by atoms with E-state index in [2.05, 4.69) is 15.3 Å². The third kappa shape index (κ3) is 3.01. The van der Waals surface area contributed by atoms with Gasteiger partial charge in [-0.05, 0) is 17.7 Å². The van der Waals surface area contributed by atoms with E-state index in [1.165, 1.54) is 0 Å². The SMILES string of the molecule is FC(F)(F)c1nc(Cc2cccc(Cl)c2)nc2c1CNC2. The minimum absolute atomic E-state index is 0.150. The summed E-state index contributed by atoms with van der Waals surface area (Å²) in [6.45, 7) is 0.491. The second-order valence-corrected chi connectivity index (χ2v) is 5.26. The Morgan fingerprint density at radius 2 is 2.00 bits per heavy atom. The number of nitrogens with zero attached hydrogens (tertiary/aromatic N) is 2. The molecule has 1 aliphatic rings. The van der Waals surface area contributed by atoms with E-state index >= 15 is 0 Å². The van der Waals surface area contributed by atoms with Crippen molar-refractivity contribution < 1.29 is 13.2 Å². The lowest BCUT2D eigenvalue weighted by atomic mass is 10.1. The summed E-state index contributed by atoms with van der Waals surface area (Å²) in [6, 6.07) is 6.94. The summed E-state index contributed by atoms with van der Waals surface area (Å²) in [5, 5.41) is 3.41. The Hall–Kier alpha value is -1.66. The zero-order valence-electron chi connectivity index (χ0n) is 10.8. The van der Waals surface area contributed by atoms with Crippen molar-refractivity contribution in [1.29, 1.82) is 0 Å². The number of nitrogens with one attached hydrogen (secondary N) is 1. The van der Waals surface area contributed by atoms with Crippen molar-refractivity contribution in [2.45, 2.75) is 25.7 Å². The fourth-order valence-corrected chi connectivity index (χ4v) is 2.58. The summed E-state index contributed by atoms with van der Waals surface area (Å²) in [4.78, 5) is 7.96. The fraction of sp³-hybridized carbons (Fsp3) is 0.286. The Morgan fingerprint density at radius 3 is 2.71 bits per heavy atom. The van der Waals surface area contributed by atoms with Gasteiger partial charge in [0.05, 0.1) is 5.69 Å². The van der Waals surface area contributed by atoms with Crippen molar-refractivity contribution in [3.63, 3.8) is 0 Å². The van der Waals surface area contributed by atoms with Gasteiger partial charge < -0.3 is 5.32 Å². The van der Waals surface area contributed by atoms with Crippen molar-refractivity contribution in [2.24, 2.45) is 0 Å².